The molecule has 1 atom stereocenters. The summed E-state index contributed by atoms with van der Waals surface area (Å²) in [6.07, 6.45) is -4.76. The molecule has 0 saturated carbocycles. The Morgan fingerprint density at radius 2 is 1.94 bits per heavy atom. The minimum absolute atomic E-state index is 0.0920. The van der Waals surface area contributed by atoms with Crippen LogP contribution in [-0.4, -0.2) is 49.3 Å². The van der Waals surface area contributed by atoms with Crippen LogP contribution in [0.4, 0.5) is 13.2 Å². The first-order valence-electron chi connectivity index (χ1n) is 4.82. The molecule has 2 N–H and O–H groups in total. The molecule has 4 nitrogen and oxygen atoms in total. The van der Waals surface area contributed by atoms with Crippen molar-refractivity contribution in [3.05, 3.63) is 0 Å². The van der Waals surface area contributed by atoms with Gasteiger partial charge in [-0.3, -0.25) is 4.79 Å². The molecule has 0 aliphatic carbocycles. The highest BCUT2D eigenvalue weighted by atomic mass is 19.4. The highest BCUT2D eigenvalue weighted by Crippen LogP contribution is 2.29. The van der Waals surface area contributed by atoms with Crippen LogP contribution in [0.2, 0.25) is 0 Å². The lowest BCUT2D eigenvalue weighted by Gasteiger charge is -2.32. The van der Waals surface area contributed by atoms with Crippen LogP contribution in [0.1, 0.15) is 13.8 Å². The summed E-state index contributed by atoms with van der Waals surface area (Å²) in [6.45, 7) is 2.68. The van der Waals surface area contributed by atoms with Gasteiger partial charge in [0.05, 0.1) is 6.61 Å². The zero-order valence-corrected chi connectivity index (χ0v) is 9.60. The van der Waals surface area contributed by atoms with Crippen molar-refractivity contribution in [1.82, 2.24) is 4.90 Å². The first-order valence-corrected chi connectivity index (χ1v) is 4.82. The van der Waals surface area contributed by atoms with Crippen LogP contribution in [0.3, 0.4) is 0 Å². The highest BCUT2D eigenvalue weighted by Gasteiger charge is 2.55. The second-order valence-electron chi connectivity index (χ2n) is 3.58. The molecule has 0 saturated heterocycles. The van der Waals surface area contributed by atoms with E-state index in [2.05, 4.69) is 0 Å². The van der Waals surface area contributed by atoms with Crippen molar-refractivity contribution in [3.8, 4) is 0 Å². The number of amides is 1. The minimum atomic E-state index is -4.76. The zero-order valence-electron chi connectivity index (χ0n) is 9.60. The molecule has 0 aromatic rings. The predicted octanol–water partition coefficient (Wildman–Crippen LogP) is 0.761. The normalized spacial score (nSPS) is 15.7. The number of hydrogen-bond acceptors (Lipinski definition) is 3. The largest absolute Gasteiger partial charge is 0.415 e. The van der Waals surface area contributed by atoms with Crippen molar-refractivity contribution >= 4 is 5.91 Å². The van der Waals surface area contributed by atoms with Crippen molar-refractivity contribution in [3.63, 3.8) is 0 Å². The molecule has 0 aromatic carbocycles. The molecule has 96 valence electrons. The van der Waals surface area contributed by atoms with Gasteiger partial charge in [-0.1, -0.05) is 0 Å². The molecule has 1 amide bonds. The number of likely N-dealkylation sites (N-methyl/N-ethyl adjacent to an activating group) is 1. The molecule has 0 radical (unpaired) electrons. The maximum atomic E-state index is 12.5. The van der Waals surface area contributed by atoms with E-state index in [1.165, 1.54) is 7.11 Å². The van der Waals surface area contributed by atoms with Gasteiger partial charge in [0.25, 0.3) is 5.91 Å². The van der Waals surface area contributed by atoms with Gasteiger partial charge in [0.15, 0.2) is 5.54 Å². The number of nitrogens with two attached hydrogens (primary N) is 1. The summed E-state index contributed by atoms with van der Waals surface area (Å²) in [7, 11) is 1.41. The van der Waals surface area contributed by atoms with Gasteiger partial charge in [0.2, 0.25) is 0 Å². The molecule has 0 aliphatic rings. The molecular formula is C9H17F3N2O2. The number of carbonyl (C=O) groups excluding carboxylic acids is 1. The lowest BCUT2D eigenvalue weighted by molar-refractivity contribution is -0.193. The van der Waals surface area contributed by atoms with Gasteiger partial charge in [0, 0.05) is 20.2 Å². The molecular weight excluding hydrogens is 225 g/mol. The fourth-order valence-corrected chi connectivity index (χ4v) is 1.05. The van der Waals surface area contributed by atoms with Crippen molar-refractivity contribution in [2.75, 3.05) is 26.8 Å². The number of rotatable bonds is 5. The Morgan fingerprint density at radius 1 is 1.44 bits per heavy atom. The smallest absolute Gasteiger partial charge is 0.383 e. The Bertz CT molecular complexity index is 241. The Morgan fingerprint density at radius 3 is 2.25 bits per heavy atom. The van der Waals surface area contributed by atoms with Gasteiger partial charge >= 0.3 is 6.18 Å². The summed E-state index contributed by atoms with van der Waals surface area (Å²) >= 11 is 0. The maximum Gasteiger partial charge on any atom is 0.415 e. The van der Waals surface area contributed by atoms with E-state index in [4.69, 9.17) is 10.5 Å². The Labute approximate surface area is 92.5 Å². The highest BCUT2D eigenvalue weighted by molar-refractivity contribution is 5.86. The van der Waals surface area contributed by atoms with Crippen molar-refractivity contribution in [2.45, 2.75) is 25.6 Å². The number of nitrogens with zero attached hydrogens (tertiary/aromatic N) is 1. The fourth-order valence-electron chi connectivity index (χ4n) is 1.05. The van der Waals surface area contributed by atoms with Crippen LogP contribution >= 0.6 is 0 Å². The molecule has 0 fully saturated rings. The standard InChI is InChI=1S/C9H17F3N2O2/c1-4-14(5-6-16-3)7(15)8(2,13)9(10,11)12/h4-6,13H2,1-3H3. The Balaban J connectivity index is 4.74. The van der Waals surface area contributed by atoms with E-state index < -0.39 is 17.6 Å². The summed E-state index contributed by atoms with van der Waals surface area (Å²) in [4.78, 5) is 12.6. The zero-order chi connectivity index (χ0) is 13.0. The van der Waals surface area contributed by atoms with E-state index >= 15 is 0 Å². The summed E-state index contributed by atoms with van der Waals surface area (Å²) in [6, 6.07) is 0. The maximum absolute atomic E-state index is 12.5. The van der Waals surface area contributed by atoms with E-state index in [0.29, 0.717) is 6.92 Å². The molecule has 0 bridgehead atoms. The Hall–Kier alpha value is -0.820. The average molecular weight is 242 g/mol. The number of ether oxygens (including phenoxy) is 1. The summed E-state index contributed by atoms with van der Waals surface area (Å²) in [5.74, 6) is -1.14. The molecule has 16 heavy (non-hydrogen) atoms. The molecule has 1 unspecified atom stereocenters. The first kappa shape index (κ1) is 15.2. The molecule has 0 heterocycles. The fraction of sp³-hybridized carbons (Fsp3) is 0.889. The second-order valence-corrected chi connectivity index (χ2v) is 3.58. The summed E-state index contributed by atoms with van der Waals surface area (Å²) in [5, 5.41) is 0. The van der Waals surface area contributed by atoms with Gasteiger partial charge < -0.3 is 15.4 Å². The molecule has 0 spiro atoms. The van der Waals surface area contributed by atoms with E-state index in [1.54, 1.807) is 6.92 Å². The summed E-state index contributed by atoms with van der Waals surface area (Å²) in [5.41, 5.74) is 2.18. The van der Waals surface area contributed by atoms with Crippen LogP contribution < -0.4 is 5.73 Å². The quantitative estimate of drug-likeness (QED) is 0.774. The van der Waals surface area contributed by atoms with Gasteiger partial charge in [0.1, 0.15) is 0 Å². The third kappa shape index (κ3) is 3.34. The van der Waals surface area contributed by atoms with Gasteiger partial charge in [-0.15, -0.1) is 0 Å². The lowest BCUT2D eigenvalue weighted by Crippen LogP contribution is -2.62. The Kier molecular flexibility index (Phi) is 5.21. The number of carbonyl (C=O) groups is 1. The SMILES string of the molecule is CCN(CCOC)C(=O)C(C)(N)C(F)(F)F. The molecule has 7 heteroatoms. The van der Waals surface area contributed by atoms with E-state index in [1.807, 2.05) is 0 Å². The molecule has 0 rings (SSSR count). The lowest BCUT2D eigenvalue weighted by atomic mass is 10.0. The van der Waals surface area contributed by atoms with E-state index in [-0.39, 0.29) is 19.7 Å². The van der Waals surface area contributed by atoms with Crippen LogP contribution in [0.25, 0.3) is 0 Å². The number of methoxy groups -OCH3 is 1. The van der Waals surface area contributed by atoms with Crippen molar-refractivity contribution in [1.29, 1.82) is 0 Å². The van der Waals surface area contributed by atoms with Crippen LogP contribution in [-0.2, 0) is 9.53 Å². The number of halogens is 3. The van der Waals surface area contributed by atoms with Crippen LogP contribution in [0.5, 0.6) is 0 Å². The number of hydrogen-bond donors (Lipinski definition) is 1. The molecule has 0 aliphatic heterocycles. The third-order valence-electron chi connectivity index (χ3n) is 2.27. The second kappa shape index (κ2) is 5.49. The topological polar surface area (TPSA) is 55.6 Å². The van der Waals surface area contributed by atoms with Gasteiger partial charge in [-0.05, 0) is 13.8 Å². The van der Waals surface area contributed by atoms with E-state index in [9.17, 15) is 18.0 Å². The van der Waals surface area contributed by atoms with Gasteiger partial charge in [-0.25, -0.2) is 0 Å². The van der Waals surface area contributed by atoms with Crippen LogP contribution in [0, 0.1) is 0 Å². The van der Waals surface area contributed by atoms with Crippen molar-refractivity contribution < 1.29 is 22.7 Å². The predicted molar refractivity (Wildman–Crippen MR) is 52.8 cm³/mol. The summed E-state index contributed by atoms with van der Waals surface area (Å²) < 4.78 is 42.2. The van der Waals surface area contributed by atoms with Crippen molar-refractivity contribution in [2.24, 2.45) is 5.73 Å². The average Bonchev–Trinajstić information content (AvgIpc) is 2.16. The van der Waals surface area contributed by atoms with Gasteiger partial charge in [-0.2, -0.15) is 13.2 Å². The molecule has 0 aromatic heterocycles. The third-order valence-corrected chi connectivity index (χ3v) is 2.27. The van der Waals surface area contributed by atoms with Crippen LogP contribution in [0.15, 0.2) is 0 Å². The minimum Gasteiger partial charge on any atom is -0.383 e. The number of alkyl halides is 3. The monoisotopic (exact) mass is 242 g/mol. The first-order chi connectivity index (χ1) is 7.18. The van der Waals surface area contributed by atoms with E-state index in [0.717, 1.165) is 4.90 Å².